The summed E-state index contributed by atoms with van der Waals surface area (Å²) in [6.45, 7) is 6.65. The van der Waals surface area contributed by atoms with Gasteiger partial charge in [-0.1, -0.05) is 54.6 Å². The van der Waals surface area contributed by atoms with Crippen LogP contribution in [-0.4, -0.2) is 39.9 Å². The third kappa shape index (κ3) is 4.51. The molecule has 0 radical (unpaired) electrons. The Hall–Kier alpha value is -3.05. The average Bonchev–Trinajstić information content (AvgIpc) is 2.74. The molecule has 2 heterocycles. The lowest BCUT2D eigenvalue weighted by molar-refractivity contribution is 0.0927. The Bertz CT molecular complexity index is 1000. The van der Waals surface area contributed by atoms with Crippen LogP contribution in [0, 0.1) is 6.92 Å². The van der Waals surface area contributed by atoms with Crippen molar-refractivity contribution in [3.05, 3.63) is 83.3 Å². The minimum Gasteiger partial charge on any atom is -0.348 e. The number of nitrogens with one attached hydrogen (secondary N) is 1. The maximum absolute atomic E-state index is 13.0. The van der Waals surface area contributed by atoms with Crippen molar-refractivity contribution in [2.45, 2.75) is 32.9 Å². The fourth-order valence-electron chi connectivity index (χ4n) is 3.90. The molecule has 1 amide bonds. The normalized spacial score (nSPS) is 14.8. The first-order valence-electron chi connectivity index (χ1n) is 10.1. The van der Waals surface area contributed by atoms with Gasteiger partial charge < -0.3 is 5.32 Å². The highest BCUT2D eigenvalue weighted by molar-refractivity contribution is 5.99. The van der Waals surface area contributed by atoms with Crippen LogP contribution in [0.4, 0.5) is 0 Å². The van der Waals surface area contributed by atoms with Gasteiger partial charge in [0.05, 0.1) is 11.3 Å². The molecule has 1 unspecified atom stereocenters. The summed E-state index contributed by atoms with van der Waals surface area (Å²) in [5, 5.41) is 3.14. The molecule has 0 bridgehead atoms. The number of aromatic nitrogens is 2. The first kappa shape index (κ1) is 19.3. The van der Waals surface area contributed by atoms with Crippen molar-refractivity contribution in [3.8, 4) is 11.3 Å². The molecule has 0 saturated heterocycles. The average molecular weight is 386 g/mol. The molecule has 0 saturated carbocycles. The first-order valence-corrected chi connectivity index (χ1v) is 10.1. The van der Waals surface area contributed by atoms with Crippen molar-refractivity contribution in [3.63, 3.8) is 0 Å². The lowest BCUT2D eigenvalue weighted by Gasteiger charge is -2.31. The van der Waals surface area contributed by atoms with Crippen molar-refractivity contribution < 1.29 is 4.79 Å². The second-order valence-corrected chi connectivity index (χ2v) is 7.67. The van der Waals surface area contributed by atoms with Crippen LogP contribution in [-0.2, 0) is 13.0 Å². The van der Waals surface area contributed by atoms with E-state index in [0.29, 0.717) is 17.1 Å². The lowest BCUT2D eigenvalue weighted by atomic mass is 9.99. The van der Waals surface area contributed by atoms with E-state index >= 15 is 0 Å². The van der Waals surface area contributed by atoms with E-state index in [2.05, 4.69) is 51.4 Å². The van der Waals surface area contributed by atoms with Crippen LogP contribution in [0.3, 0.4) is 0 Å². The Kier molecular flexibility index (Phi) is 5.67. The van der Waals surface area contributed by atoms with Gasteiger partial charge in [-0.3, -0.25) is 9.69 Å². The van der Waals surface area contributed by atoms with E-state index in [4.69, 9.17) is 0 Å². The number of benzene rings is 2. The summed E-state index contributed by atoms with van der Waals surface area (Å²) < 4.78 is 0. The molecule has 1 atom stereocenters. The number of carbonyl (C=O) groups is 1. The highest BCUT2D eigenvalue weighted by Crippen LogP contribution is 2.21. The molecular weight excluding hydrogens is 360 g/mol. The zero-order valence-corrected chi connectivity index (χ0v) is 16.9. The van der Waals surface area contributed by atoms with Gasteiger partial charge in [-0.25, -0.2) is 9.97 Å². The molecule has 4 rings (SSSR count). The highest BCUT2D eigenvalue weighted by atomic mass is 16.1. The highest BCUT2D eigenvalue weighted by Gasteiger charge is 2.21. The number of amides is 1. The summed E-state index contributed by atoms with van der Waals surface area (Å²) in [5.74, 6) is 0.522. The fourth-order valence-corrected chi connectivity index (χ4v) is 3.90. The number of carbonyl (C=O) groups excluding carboxylic acids is 1. The summed E-state index contributed by atoms with van der Waals surface area (Å²) >= 11 is 0. The van der Waals surface area contributed by atoms with E-state index < -0.39 is 0 Å². The zero-order chi connectivity index (χ0) is 20.2. The molecule has 1 aromatic heterocycles. The largest absolute Gasteiger partial charge is 0.348 e. The molecule has 0 spiro atoms. The standard InChI is InChI=1S/C24H26N4O/c1-17(15-28-13-12-19-8-6-7-11-21(19)16-28)26-24(29)22-14-25-18(2)27-23(22)20-9-4-3-5-10-20/h3-11,14,17H,12-13,15-16H2,1-2H3,(H,26,29). The molecule has 1 aliphatic rings. The maximum atomic E-state index is 13.0. The van der Waals surface area contributed by atoms with Crippen molar-refractivity contribution in [2.75, 3.05) is 13.1 Å². The molecule has 5 heteroatoms. The summed E-state index contributed by atoms with van der Waals surface area (Å²) in [6.07, 6.45) is 2.69. The summed E-state index contributed by atoms with van der Waals surface area (Å²) in [4.78, 5) is 24.2. The number of nitrogens with zero attached hydrogens (tertiary/aromatic N) is 3. The smallest absolute Gasteiger partial charge is 0.255 e. The predicted molar refractivity (Wildman–Crippen MR) is 115 cm³/mol. The Morgan fingerprint density at radius 2 is 1.83 bits per heavy atom. The lowest BCUT2D eigenvalue weighted by Crippen LogP contribution is -2.43. The quantitative estimate of drug-likeness (QED) is 0.728. The van der Waals surface area contributed by atoms with E-state index in [9.17, 15) is 4.79 Å². The van der Waals surface area contributed by atoms with Crippen molar-refractivity contribution in [1.82, 2.24) is 20.2 Å². The Labute approximate surface area is 171 Å². The van der Waals surface area contributed by atoms with E-state index in [1.165, 1.54) is 11.1 Å². The van der Waals surface area contributed by atoms with Crippen LogP contribution in [0.2, 0.25) is 0 Å². The van der Waals surface area contributed by atoms with Gasteiger partial charge >= 0.3 is 0 Å². The summed E-state index contributed by atoms with van der Waals surface area (Å²) in [7, 11) is 0. The minimum absolute atomic E-state index is 0.0256. The molecule has 1 aliphatic heterocycles. The zero-order valence-electron chi connectivity index (χ0n) is 16.9. The van der Waals surface area contributed by atoms with E-state index in [0.717, 1.165) is 31.6 Å². The molecule has 0 fully saturated rings. The van der Waals surface area contributed by atoms with Crippen LogP contribution in [0.25, 0.3) is 11.3 Å². The van der Waals surface area contributed by atoms with Crippen LogP contribution in [0.15, 0.2) is 60.8 Å². The van der Waals surface area contributed by atoms with E-state index in [-0.39, 0.29) is 11.9 Å². The van der Waals surface area contributed by atoms with Gasteiger partial charge in [-0.15, -0.1) is 0 Å². The number of fused-ring (bicyclic) bond motifs is 1. The molecule has 1 N–H and O–H groups in total. The fraction of sp³-hybridized carbons (Fsp3) is 0.292. The number of rotatable bonds is 5. The van der Waals surface area contributed by atoms with Gasteiger partial charge in [-0.05, 0) is 31.4 Å². The van der Waals surface area contributed by atoms with Gasteiger partial charge in [-0.2, -0.15) is 0 Å². The Morgan fingerprint density at radius 3 is 2.62 bits per heavy atom. The number of hydrogen-bond donors (Lipinski definition) is 1. The third-order valence-electron chi connectivity index (χ3n) is 5.32. The topological polar surface area (TPSA) is 58.1 Å². The Morgan fingerprint density at radius 1 is 1.10 bits per heavy atom. The van der Waals surface area contributed by atoms with E-state index in [1.54, 1.807) is 6.20 Å². The van der Waals surface area contributed by atoms with Gasteiger partial charge in [0.2, 0.25) is 0 Å². The van der Waals surface area contributed by atoms with Gasteiger partial charge in [0.25, 0.3) is 5.91 Å². The Balaban J connectivity index is 1.45. The second kappa shape index (κ2) is 8.53. The van der Waals surface area contributed by atoms with Crippen LogP contribution in [0.1, 0.15) is 34.2 Å². The second-order valence-electron chi connectivity index (χ2n) is 7.67. The van der Waals surface area contributed by atoms with Gasteiger partial charge in [0.15, 0.2) is 0 Å². The SMILES string of the molecule is Cc1ncc(C(=O)NC(C)CN2CCc3ccccc3C2)c(-c2ccccc2)n1. The molecule has 2 aromatic carbocycles. The van der Waals surface area contributed by atoms with Crippen LogP contribution >= 0.6 is 0 Å². The summed E-state index contributed by atoms with van der Waals surface area (Å²) in [6, 6.07) is 18.4. The molecule has 5 nitrogen and oxygen atoms in total. The summed E-state index contributed by atoms with van der Waals surface area (Å²) in [5.41, 5.74) is 4.93. The number of aryl methyl sites for hydroxylation is 1. The molecule has 148 valence electrons. The molecule has 3 aromatic rings. The predicted octanol–water partition coefficient (Wildman–Crippen LogP) is 3.63. The number of hydrogen-bond acceptors (Lipinski definition) is 4. The van der Waals surface area contributed by atoms with Gasteiger partial charge in [0.1, 0.15) is 5.82 Å². The maximum Gasteiger partial charge on any atom is 0.255 e. The third-order valence-corrected chi connectivity index (χ3v) is 5.32. The van der Waals surface area contributed by atoms with Crippen molar-refractivity contribution in [2.24, 2.45) is 0 Å². The van der Waals surface area contributed by atoms with Crippen molar-refractivity contribution >= 4 is 5.91 Å². The van der Waals surface area contributed by atoms with E-state index in [1.807, 2.05) is 37.3 Å². The van der Waals surface area contributed by atoms with Crippen LogP contribution in [0.5, 0.6) is 0 Å². The molecule has 29 heavy (non-hydrogen) atoms. The van der Waals surface area contributed by atoms with Crippen LogP contribution < -0.4 is 5.32 Å². The first-order chi connectivity index (χ1) is 14.1. The minimum atomic E-state index is -0.131. The van der Waals surface area contributed by atoms with Crippen molar-refractivity contribution in [1.29, 1.82) is 0 Å². The monoisotopic (exact) mass is 386 g/mol. The molecule has 0 aliphatic carbocycles. The molecular formula is C24H26N4O. The van der Waals surface area contributed by atoms with Gasteiger partial charge in [0, 0.05) is 37.4 Å².